The molecule has 426 valence electrons. The number of unbranched alkanes of at least 4 members (excludes halogenated alkanes) is 32. The number of carbonyl (C=O) groups excluding carboxylic acids is 3. The summed E-state index contributed by atoms with van der Waals surface area (Å²) in [5, 5.41) is 0. The maximum atomic E-state index is 12.9. The lowest BCUT2D eigenvalue weighted by Gasteiger charge is -2.18. The number of allylic oxidation sites excluding steroid dienone is 14. The maximum absolute atomic E-state index is 12.9. The Morgan fingerprint density at radius 3 is 0.824 bits per heavy atom. The van der Waals surface area contributed by atoms with Crippen LogP contribution in [-0.4, -0.2) is 37.2 Å². The number of hydrogen-bond donors (Lipinski definition) is 0. The van der Waals surface area contributed by atoms with Crippen LogP contribution in [0.1, 0.15) is 310 Å². The van der Waals surface area contributed by atoms with Crippen LogP contribution in [0.2, 0.25) is 0 Å². The summed E-state index contributed by atoms with van der Waals surface area (Å²) in [5.74, 6) is -0.886. The second-order valence-electron chi connectivity index (χ2n) is 20.9. The van der Waals surface area contributed by atoms with Gasteiger partial charge in [0.25, 0.3) is 0 Å². The van der Waals surface area contributed by atoms with Crippen molar-refractivity contribution in [2.45, 2.75) is 316 Å². The second-order valence-corrected chi connectivity index (χ2v) is 20.9. The third kappa shape index (κ3) is 59.5. The molecule has 0 N–H and O–H groups in total. The lowest BCUT2D eigenvalue weighted by molar-refractivity contribution is -0.167. The normalized spacial score (nSPS) is 12.6. The highest BCUT2D eigenvalue weighted by Crippen LogP contribution is 2.16. The van der Waals surface area contributed by atoms with Crippen LogP contribution in [0.15, 0.2) is 85.1 Å². The SMILES string of the molecule is CC/C=C\C/C=C\C/C=C\C/C=C\CCCCCCCCCCCCC(=O)OCC(COC(=O)CCCCCCCCCCCCCC)OC(=O)CCCCCCCC/C=C\C/C=C\C/C=C\CCCCCCC. The van der Waals surface area contributed by atoms with Crippen LogP contribution in [0.25, 0.3) is 0 Å². The fourth-order valence-corrected chi connectivity index (χ4v) is 8.91. The van der Waals surface area contributed by atoms with Crippen LogP contribution in [0, 0.1) is 0 Å². The molecule has 74 heavy (non-hydrogen) atoms. The van der Waals surface area contributed by atoms with E-state index in [1.807, 2.05) is 0 Å². The van der Waals surface area contributed by atoms with Crippen molar-refractivity contribution in [1.29, 1.82) is 0 Å². The summed E-state index contributed by atoms with van der Waals surface area (Å²) in [4.78, 5) is 38.3. The molecule has 0 radical (unpaired) electrons. The Morgan fingerprint density at radius 1 is 0.284 bits per heavy atom. The molecular weight excluding hydrogens is 913 g/mol. The molecule has 0 aromatic heterocycles. The van der Waals surface area contributed by atoms with Gasteiger partial charge in [-0.3, -0.25) is 14.4 Å². The van der Waals surface area contributed by atoms with Gasteiger partial charge in [0.2, 0.25) is 0 Å². The van der Waals surface area contributed by atoms with E-state index in [-0.39, 0.29) is 31.1 Å². The van der Waals surface area contributed by atoms with Gasteiger partial charge < -0.3 is 14.2 Å². The molecule has 0 saturated heterocycles. The first kappa shape index (κ1) is 70.6. The fraction of sp³-hybridized carbons (Fsp3) is 0.750. The van der Waals surface area contributed by atoms with Gasteiger partial charge in [0.05, 0.1) is 0 Å². The van der Waals surface area contributed by atoms with E-state index in [0.717, 1.165) is 109 Å². The summed E-state index contributed by atoms with van der Waals surface area (Å²) in [6, 6.07) is 0. The van der Waals surface area contributed by atoms with Crippen molar-refractivity contribution in [2.24, 2.45) is 0 Å². The van der Waals surface area contributed by atoms with Gasteiger partial charge in [0, 0.05) is 19.3 Å². The van der Waals surface area contributed by atoms with Crippen LogP contribution in [-0.2, 0) is 28.6 Å². The molecule has 0 amide bonds. The summed E-state index contributed by atoms with van der Waals surface area (Å²) in [7, 11) is 0. The molecule has 0 saturated carbocycles. The number of hydrogen-bond acceptors (Lipinski definition) is 6. The molecule has 0 bridgehead atoms. The maximum Gasteiger partial charge on any atom is 0.306 e. The molecular formula is C68H118O6. The largest absolute Gasteiger partial charge is 0.462 e. The van der Waals surface area contributed by atoms with Crippen molar-refractivity contribution in [3.63, 3.8) is 0 Å². The van der Waals surface area contributed by atoms with Gasteiger partial charge in [-0.2, -0.15) is 0 Å². The molecule has 6 heteroatoms. The molecule has 0 aromatic carbocycles. The first-order valence-electron chi connectivity index (χ1n) is 31.6. The Bertz CT molecular complexity index is 1420. The zero-order chi connectivity index (χ0) is 53.6. The van der Waals surface area contributed by atoms with E-state index in [1.54, 1.807) is 0 Å². The summed E-state index contributed by atoms with van der Waals surface area (Å²) in [6.45, 7) is 6.53. The third-order valence-electron chi connectivity index (χ3n) is 13.6. The van der Waals surface area contributed by atoms with E-state index in [2.05, 4.69) is 106 Å². The monoisotopic (exact) mass is 1030 g/mol. The zero-order valence-corrected chi connectivity index (χ0v) is 48.8. The molecule has 0 heterocycles. The quantitative estimate of drug-likeness (QED) is 0.0261. The van der Waals surface area contributed by atoms with Gasteiger partial charge in [-0.25, -0.2) is 0 Å². The minimum Gasteiger partial charge on any atom is -0.462 e. The lowest BCUT2D eigenvalue weighted by Crippen LogP contribution is -2.30. The lowest BCUT2D eigenvalue weighted by atomic mass is 10.0. The molecule has 0 aromatic rings. The van der Waals surface area contributed by atoms with Crippen LogP contribution in [0.3, 0.4) is 0 Å². The highest BCUT2D eigenvalue weighted by atomic mass is 16.6. The van der Waals surface area contributed by atoms with Gasteiger partial charge >= 0.3 is 17.9 Å². The van der Waals surface area contributed by atoms with Crippen LogP contribution < -0.4 is 0 Å². The number of ether oxygens (including phenoxy) is 3. The Morgan fingerprint density at radius 2 is 0.527 bits per heavy atom. The Hall–Kier alpha value is -3.41. The first-order valence-corrected chi connectivity index (χ1v) is 31.6. The van der Waals surface area contributed by atoms with Crippen molar-refractivity contribution >= 4 is 17.9 Å². The number of rotatable bonds is 57. The van der Waals surface area contributed by atoms with E-state index in [0.29, 0.717) is 19.3 Å². The zero-order valence-electron chi connectivity index (χ0n) is 48.8. The van der Waals surface area contributed by atoms with Gasteiger partial charge in [-0.15, -0.1) is 0 Å². The third-order valence-corrected chi connectivity index (χ3v) is 13.6. The molecule has 1 unspecified atom stereocenters. The highest BCUT2D eigenvalue weighted by Gasteiger charge is 2.19. The summed E-state index contributed by atoms with van der Waals surface area (Å²) in [5.41, 5.74) is 0. The minimum atomic E-state index is -0.785. The molecule has 0 spiro atoms. The fourth-order valence-electron chi connectivity index (χ4n) is 8.91. The Labute approximate surface area is 458 Å². The van der Waals surface area contributed by atoms with E-state index in [9.17, 15) is 14.4 Å². The number of esters is 3. The van der Waals surface area contributed by atoms with Crippen molar-refractivity contribution in [3.05, 3.63) is 85.1 Å². The molecule has 0 aliphatic carbocycles. The summed E-state index contributed by atoms with van der Waals surface area (Å²) >= 11 is 0. The summed E-state index contributed by atoms with van der Waals surface area (Å²) < 4.78 is 16.9. The highest BCUT2D eigenvalue weighted by molar-refractivity contribution is 5.71. The first-order chi connectivity index (χ1) is 36.5. The molecule has 1 atom stereocenters. The predicted molar refractivity (Wildman–Crippen MR) is 321 cm³/mol. The molecule has 0 fully saturated rings. The topological polar surface area (TPSA) is 78.9 Å². The van der Waals surface area contributed by atoms with Gasteiger partial charge in [-0.05, 0) is 96.3 Å². The molecule has 0 aliphatic heterocycles. The van der Waals surface area contributed by atoms with E-state index >= 15 is 0 Å². The second kappa shape index (κ2) is 62.1. The van der Waals surface area contributed by atoms with E-state index in [1.165, 1.54) is 161 Å². The Balaban J connectivity index is 4.34. The Kier molecular flexibility index (Phi) is 59.3. The predicted octanol–water partition coefficient (Wildman–Crippen LogP) is 21.5. The average Bonchev–Trinajstić information content (AvgIpc) is 3.40. The van der Waals surface area contributed by atoms with Crippen LogP contribution >= 0.6 is 0 Å². The van der Waals surface area contributed by atoms with Crippen molar-refractivity contribution in [3.8, 4) is 0 Å². The average molecular weight is 1030 g/mol. The summed E-state index contributed by atoms with van der Waals surface area (Å²) in [6.07, 6.45) is 81.5. The van der Waals surface area contributed by atoms with Gasteiger partial charge in [0.1, 0.15) is 13.2 Å². The van der Waals surface area contributed by atoms with Crippen molar-refractivity contribution in [2.75, 3.05) is 13.2 Å². The standard InChI is InChI=1S/C68H118O6/c1-4-7-10-13-16-19-22-25-27-29-31-33-34-36-37-39-41-43-46-49-52-55-58-61-67(70)73-64-65(63-72-66(69)60-57-54-51-48-45-24-21-18-15-12-9-6-3)74-68(71)62-59-56-53-50-47-44-42-40-38-35-32-30-28-26-23-20-17-14-11-8-5-2/h7,10,16,19,23,25-27,30-33,38,40,65H,4-6,8-9,11-15,17-18,20-22,24,28-29,34-37,39,41-64H2,1-3H3/b10-7-,19-16-,26-23-,27-25-,32-30-,33-31-,40-38-. The van der Waals surface area contributed by atoms with Crippen LogP contribution in [0.4, 0.5) is 0 Å². The van der Waals surface area contributed by atoms with Gasteiger partial charge in [0.15, 0.2) is 6.10 Å². The minimum absolute atomic E-state index is 0.0806. The van der Waals surface area contributed by atoms with Gasteiger partial charge in [-0.1, -0.05) is 279 Å². The molecule has 0 aliphatic rings. The molecule has 6 nitrogen and oxygen atoms in total. The smallest absolute Gasteiger partial charge is 0.306 e. The van der Waals surface area contributed by atoms with Crippen molar-refractivity contribution in [1.82, 2.24) is 0 Å². The number of carbonyl (C=O) groups is 3. The van der Waals surface area contributed by atoms with E-state index < -0.39 is 6.10 Å². The van der Waals surface area contributed by atoms with Crippen LogP contribution in [0.5, 0.6) is 0 Å². The molecule has 0 rings (SSSR count). The van der Waals surface area contributed by atoms with E-state index in [4.69, 9.17) is 14.2 Å². The van der Waals surface area contributed by atoms with Crippen molar-refractivity contribution < 1.29 is 28.6 Å².